The van der Waals surface area contributed by atoms with Gasteiger partial charge < -0.3 is 19.9 Å². The molecule has 0 heterocycles. The van der Waals surface area contributed by atoms with Crippen LogP contribution in [-0.2, 0) is 25.1 Å². The lowest BCUT2D eigenvalue weighted by Gasteiger charge is -2.26. The van der Waals surface area contributed by atoms with Gasteiger partial charge in [0.1, 0.15) is 17.5 Å². The summed E-state index contributed by atoms with van der Waals surface area (Å²) < 4.78 is 79.6. The van der Waals surface area contributed by atoms with Gasteiger partial charge in [-0.25, -0.2) is 0 Å². The smallest absolute Gasteiger partial charge is 0.450 e. The van der Waals surface area contributed by atoms with Gasteiger partial charge >= 0.3 is 12.1 Å². The number of halogens is 5. The first-order valence-electron chi connectivity index (χ1n) is 12.8. The molecule has 0 aliphatic heterocycles. The first-order valence-corrected chi connectivity index (χ1v) is 12.8. The van der Waals surface area contributed by atoms with Crippen molar-refractivity contribution < 1.29 is 55.7 Å². The minimum atomic E-state index is -5.21. The number of nitrogens with one attached hydrogen (secondary N) is 1. The Balaban J connectivity index is 2.36. The van der Waals surface area contributed by atoms with Crippen molar-refractivity contribution in [2.45, 2.75) is 44.8 Å². The molecule has 42 heavy (non-hydrogen) atoms. The molecule has 0 radical (unpaired) electrons. The van der Waals surface area contributed by atoms with E-state index in [1.165, 1.54) is 63.4 Å². The molecule has 0 aliphatic carbocycles. The molecule has 0 aliphatic rings. The molecule has 0 saturated heterocycles. The third kappa shape index (κ3) is 8.34. The van der Waals surface area contributed by atoms with Gasteiger partial charge in [0.15, 0.2) is 5.78 Å². The fourth-order valence-electron chi connectivity index (χ4n) is 4.23. The van der Waals surface area contributed by atoms with Crippen LogP contribution < -0.4 is 14.8 Å². The summed E-state index contributed by atoms with van der Waals surface area (Å²) in [5, 5.41) is 12.1. The van der Waals surface area contributed by atoms with Crippen molar-refractivity contribution in [1.82, 2.24) is 5.32 Å². The van der Waals surface area contributed by atoms with Crippen molar-refractivity contribution in [3.63, 3.8) is 0 Å². The van der Waals surface area contributed by atoms with E-state index in [4.69, 9.17) is 9.47 Å². The Bertz CT molecular complexity index is 1260. The van der Waals surface area contributed by atoms with E-state index in [2.05, 4.69) is 5.32 Å². The van der Waals surface area contributed by atoms with Crippen molar-refractivity contribution >= 4 is 23.3 Å². The predicted octanol–water partition coefficient (Wildman–Crippen LogP) is 4.58. The minimum Gasteiger partial charge on any atom is -0.497 e. The highest BCUT2D eigenvalue weighted by Gasteiger charge is 2.46. The van der Waals surface area contributed by atoms with Gasteiger partial charge in [-0.2, -0.15) is 22.0 Å². The van der Waals surface area contributed by atoms with Gasteiger partial charge in [0.2, 0.25) is 17.5 Å². The first kappa shape index (κ1) is 34.3. The van der Waals surface area contributed by atoms with Crippen molar-refractivity contribution in [3.05, 3.63) is 59.7 Å². The van der Waals surface area contributed by atoms with E-state index >= 15 is 8.78 Å². The number of Topliss-reactive ketones (excluding diaryl/α,β-unsaturated/α-hetero) is 3. The van der Waals surface area contributed by atoms with Gasteiger partial charge in [-0.1, -0.05) is 38.1 Å². The third-order valence-corrected chi connectivity index (χ3v) is 6.72. The summed E-state index contributed by atoms with van der Waals surface area (Å²) in [6.07, 6.45) is -7.25. The van der Waals surface area contributed by atoms with Crippen molar-refractivity contribution in [2.75, 3.05) is 20.8 Å². The summed E-state index contributed by atoms with van der Waals surface area (Å²) in [4.78, 5) is 51.0. The van der Waals surface area contributed by atoms with E-state index in [0.29, 0.717) is 5.75 Å². The van der Waals surface area contributed by atoms with E-state index in [9.17, 15) is 37.5 Å². The van der Waals surface area contributed by atoms with Gasteiger partial charge in [0, 0.05) is 18.8 Å². The molecule has 0 unspecified atom stereocenters. The molecule has 8 nitrogen and oxygen atoms in total. The van der Waals surface area contributed by atoms with Gasteiger partial charge in [0.25, 0.3) is 0 Å². The summed E-state index contributed by atoms with van der Waals surface area (Å²) in [7, 11) is 2.49. The number of ether oxygens (including phenoxy) is 2. The van der Waals surface area contributed by atoms with Crippen molar-refractivity contribution in [2.24, 2.45) is 17.8 Å². The van der Waals surface area contributed by atoms with Crippen LogP contribution in [0.3, 0.4) is 0 Å². The van der Waals surface area contributed by atoms with Crippen molar-refractivity contribution in [3.8, 4) is 11.5 Å². The molecule has 2 aromatic rings. The number of para-hydroxylation sites is 1. The average Bonchev–Trinajstić information content (AvgIpc) is 2.95. The van der Waals surface area contributed by atoms with Crippen LogP contribution in [0.15, 0.2) is 48.5 Å². The number of hydrogen-bond acceptors (Lipinski definition) is 7. The predicted molar refractivity (Wildman–Crippen MR) is 140 cm³/mol. The third-order valence-electron chi connectivity index (χ3n) is 6.72. The topological polar surface area (TPSA) is 119 Å². The number of alkyl halides is 5. The molecule has 0 bridgehead atoms. The lowest BCUT2D eigenvalue weighted by molar-refractivity contribution is -0.177. The Labute approximate surface area is 239 Å². The van der Waals surface area contributed by atoms with E-state index in [0.717, 1.165) is 13.2 Å². The van der Waals surface area contributed by atoms with Crippen LogP contribution >= 0.6 is 0 Å². The van der Waals surface area contributed by atoms with Gasteiger partial charge in [-0.05, 0) is 35.7 Å². The number of carbonyl (C=O) groups excluding carboxylic acids is 4. The fraction of sp³-hybridized carbons (Fsp3) is 0.448. The maximum absolute atomic E-state index is 15.0. The summed E-state index contributed by atoms with van der Waals surface area (Å²) in [6.45, 7) is 1.60. The minimum absolute atomic E-state index is 0.0819. The number of methoxy groups -OCH3 is 2. The number of aliphatic hydroxyl groups is 1. The molecule has 2 aromatic carbocycles. The summed E-state index contributed by atoms with van der Waals surface area (Å²) in [5.74, 6) is -14.4. The second-order valence-electron chi connectivity index (χ2n) is 9.88. The molecule has 2 N–H and O–H groups in total. The maximum Gasteiger partial charge on any atom is 0.450 e. The molecule has 230 valence electrons. The number of amides is 1. The van der Waals surface area contributed by atoms with E-state index in [-0.39, 0.29) is 11.3 Å². The van der Waals surface area contributed by atoms with Crippen LogP contribution in [0.25, 0.3) is 0 Å². The van der Waals surface area contributed by atoms with Gasteiger partial charge in [0.05, 0.1) is 32.3 Å². The molecule has 1 amide bonds. The van der Waals surface area contributed by atoms with Crippen LogP contribution in [0.1, 0.15) is 43.9 Å². The van der Waals surface area contributed by atoms with Crippen LogP contribution in [0.4, 0.5) is 22.0 Å². The van der Waals surface area contributed by atoms with Crippen LogP contribution in [0.2, 0.25) is 0 Å². The molecule has 3 atom stereocenters. The zero-order chi connectivity index (χ0) is 31.8. The molecular weight excluding hydrogens is 569 g/mol. The monoisotopic (exact) mass is 601 g/mol. The molecular formula is C29H32F5NO7. The highest BCUT2D eigenvalue weighted by molar-refractivity contribution is 5.97. The molecule has 2 rings (SSSR count). The zero-order valence-corrected chi connectivity index (χ0v) is 23.3. The Morgan fingerprint density at radius 3 is 1.98 bits per heavy atom. The van der Waals surface area contributed by atoms with E-state index in [1.54, 1.807) is 0 Å². The first-order chi connectivity index (χ1) is 19.6. The van der Waals surface area contributed by atoms with E-state index in [1.807, 2.05) is 0 Å². The summed E-state index contributed by atoms with van der Waals surface area (Å²) in [6, 6.07) is 8.71. The van der Waals surface area contributed by atoms with E-state index < -0.39 is 84.2 Å². The number of aliphatic hydroxyl groups excluding tert-OH is 1. The summed E-state index contributed by atoms with van der Waals surface area (Å²) in [5.41, 5.74) is -0.673. The number of rotatable bonds is 15. The number of benzene rings is 2. The van der Waals surface area contributed by atoms with Gasteiger partial charge in [-0.15, -0.1) is 0 Å². The largest absolute Gasteiger partial charge is 0.497 e. The SMILES string of the molecule is COc1ccc([C@H](NC(=O)[C@H](CO)CC(=O)C(F)(F)c2ccccc2OC)C(=O)C[C@H](C(=O)C(F)(F)F)C(C)C)cc1. The quantitative estimate of drug-likeness (QED) is 0.287. The molecule has 0 aromatic heterocycles. The second-order valence-corrected chi connectivity index (χ2v) is 9.88. The lowest BCUT2D eigenvalue weighted by atomic mass is 9.84. The Hall–Kier alpha value is -3.87. The number of carbonyl (C=O) groups is 4. The molecule has 0 saturated carbocycles. The van der Waals surface area contributed by atoms with Crippen molar-refractivity contribution in [1.29, 1.82) is 0 Å². The number of hydrogen-bond donors (Lipinski definition) is 2. The standard InChI is InChI=1S/C29H32F5NO7/c1-16(2)20(26(39)29(32,33)34)14-22(37)25(17-9-11-19(41-3)12-10-17)35-27(40)18(15-36)13-24(38)28(30,31)21-7-5-6-8-23(21)42-4/h5-12,16,18,20,25,36H,13-15H2,1-4H3,(H,35,40)/t18-,20-,25-/m0/s1. The fourth-order valence-corrected chi connectivity index (χ4v) is 4.23. The average molecular weight is 602 g/mol. The second kappa shape index (κ2) is 14.3. The summed E-state index contributed by atoms with van der Waals surface area (Å²) >= 11 is 0. The van der Waals surface area contributed by atoms with Crippen LogP contribution in [-0.4, -0.2) is 55.4 Å². The lowest BCUT2D eigenvalue weighted by Crippen LogP contribution is -2.42. The Morgan fingerprint density at radius 2 is 1.48 bits per heavy atom. The zero-order valence-electron chi connectivity index (χ0n) is 23.3. The Kier molecular flexibility index (Phi) is 11.7. The maximum atomic E-state index is 15.0. The highest BCUT2D eigenvalue weighted by Crippen LogP contribution is 2.37. The van der Waals surface area contributed by atoms with Gasteiger partial charge in [-0.3, -0.25) is 19.2 Å². The number of ketones is 3. The normalized spacial score (nSPS) is 14.1. The molecule has 13 heteroatoms. The Morgan fingerprint density at radius 1 is 0.881 bits per heavy atom. The molecule has 0 spiro atoms. The van der Waals surface area contributed by atoms with Crippen LogP contribution in [0, 0.1) is 17.8 Å². The highest BCUT2D eigenvalue weighted by atomic mass is 19.4. The molecule has 0 fully saturated rings. The van der Waals surface area contributed by atoms with Crippen LogP contribution in [0.5, 0.6) is 11.5 Å².